The zero-order valence-corrected chi connectivity index (χ0v) is 14.2. The van der Waals surface area contributed by atoms with Gasteiger partial charge in [-0.1, -0.05) is 48.0 Å². The van der Waals surface area contributed by atoms with Gasteiger partial charge in [-0.15, -0.1) is 0 Å². The molecule has 0 amide bonds. The second-order valence-electron chi connectivity index (χ2n) is 5.77. The molecular weight excluding hydrogens is 328 g/mol. The molecule has 3 rings (SSSR count). The topological polar surface area (TPSA) is 65.1 Å². The van der Waals surface area contributed by atoms with Crippen LogP contribution in [0.25, 0.3) is 0 Å². The summed E-state index contributed by atoms with van der Waals surface area (Å²) in [5.41, 5.74) is 2.09. The van der Waals surface area contributed by atoms with Crippen molar-refractivity contribution in [2.75, 3.05) is 13.2 Å². The molecular formula is C18H20O5S. The molecule has 0 unspecified atom stereocenters. The molecule has 0 saturated carbocycles. The van der Waals surface area contributed by atoms with Crippen LogP contribution in [-0.4, -0.2) is 33.8 Å². The highest BCUT2D eigenvalue weighted by Crippen LogP contribution is 2.25. The number of benzene rings is 2. The highest BCUT2D eigenvalue weighted by molar-refractivity contribution is 7.86. The van der Waals surface area contributed by atoms with Gasteiger partial charge >= 0.3 is 0 Å². The lowest BCUT2D eigenvalue weighted by Gasteiger charge is -2.05. The number of rotatable bonds is 8. The zero-order chi connectivity index (χ0) is 17.0. The molecule has 5 nitrogen and oxygen atoms in total. The van der Waals surface area contributed by atoms with E-state index in [0.717, 1.165) is 11.1 Å². The van der Waals surface area contributed by atoms with Crippen LogP contribution in [0.3, 0.4) is 0 Å². The van der Waals surface area contributed by atoms with E-state index in [1.807, 2.05) is 37.3 Å². The molecule has 1 fully saturated rings. The summed E-state index contributed by atoms with van der Waals surface area (Å²) in [6.07, 6.45) is -0.345. The first kappa shape index (κ1) is 17.1. The number of aryl methyl sites for hydroxylation is 1. The second-order valence-corrected chi connectivity index (χ2v) is 7.38. The zero-order valence-electron chi connectivity index (χ0n) is 13.4. The maximum atomic E-state index is 12.1. The van der Waals surface area contributed by atoms with Crippen molar-refractivity contribution in [3.63, 3.8) is 0 Å². The van der Waals surface area contributed by atoms with Gasteiger partial charge < -0.3 is 9.47 Å². The highest BCUT2D eigenvalue weighted by atomic mass is 32.2. The summed E-state index contributed by atoms with van der Waals surface area (Å²) < 4.78 is 40.2. The molecule has 24 heavy (non-hydrogen) atoms. The quantitative estimate of drug-likeness (QED) is 0.542. The Morgan fingerprint density at radius 2 is 1.62 bits per heavy atom. The van der Waals surface area contributed by atoms with Gasteiger partial charge in [-0.05, 0) is 24.6 Å². The van der Waals surface area contributed by atoms with Crippen LogP contribution in [0.4, 0.5) is 0 Å². The Balaban J connectivity index is 1.40. The molecule has 6 heteroatoms. The van der Waals surface area contributed by atoms with Gasteiger partial charge in [0.15, 0.2) is 0 Å². The maximum absolute atomic E-state index is 12.1. The minimum Gasteiger partial charge on any atom is -0.374 e. The van der Waals surface area contributed by atoms with Crippen LogP contribution >= 0.6 is 0 Å². The summed E-state index contributed by atoms with van der Waals surface area (Å²) in [7, 11) is -3.74. The predicted octanol–water partition coefficient (Wildman–Crippen LogP) is 2.68. The first-order valence-electron chi connectivity index (χ1n) is 7.78. The van der Waals surface area contributed by atoms with E-state index in [-0.39, 0.29) is 23.7 Å². The Morgan fingerprint density at radius 3 is 2.33 bits per heavy atom. The number of hydrogen-bond acceptors (Lipinski definition) is 5. The normalized spacial score (nSPS) is 20.0. The lowest BCUT2D eigenvalue weighted by atomic mass is 10.2. The molecule has 0 bridgehead atoms. The first-order valence-corrected chi connectivity index (χ1v) is 9.19. The molecule has 1 saturated heterocycles. The molecule has 1 aliphatic heterocycles. The minimum atomic E-state index is -3.74. The smallest absolute Gasteiger partial charge is 0.297 e. The monoisotopic (exact) mass is 348 g/mol. The third kappa shape index (κ3) is 4.64. The largest absolute Gasteiger partial charge is 0.374 e. The van der Waals surface area contributed by atoms with Gasteiger partial charge in [0.1, 0.15) is 12.2 Å². The van der Waals surface area contributed by atoms with Gasteiger partial charge in [0.25, 0.3) is 10.1 Å². The summed E-state index contributed by atoms with van der Waals surface area (Å²) in [6, 6.07) is 16.4. The first-order chi connectivity index (χ1) is 11.5. The van der Waals surface area contributed by atoms with Gasteiger partial charge in [0, 0.05) is 0 Å². The molecule has 1 heterocycles. The third-order valence-corrected chi connectivity index (χ3v) is 5.07. The molecule has 2 aromatic rings. The summed E-state index contributed by atoms with van der Waals surface area (Å²) in [5, 5.41) is 0. The van der Waals surface area contributed by atoms with Crippen LogP contribution in [0.15, 0.2) is 59.5 Å². The van der Waals surface area contributed by atoms with E-state index >= 15 is 0 Å². The summed E-state index contributed by atoms with van der Waals surface area (Å²) >= 11 is 0. The highest BCUT2D eigenvalue weighted by Gasteiger charge is 2.40. The van der Waals surface area contributed by atoms with E-state index < -0.39 is 10.1 Å². The van der Waals surface area contributed by atoms with Crippen LogP contribution in [0.5, 0.6) is 0 Å². The van der Waals surface area contributed by atoms with E-state index in [4.69, 9.17) is 13.7 Å². The van der Waals surface area contributed by atoms with E-state index in [2.05, 4.69) is 0 Å². The fourth-order valence-corrected chi connectivity index (χ4v) is 3.19. The van der Waals surface area contributed by atoms with Gasteiger partial charge in [-0.3, -0.25) is 4.18 Å². The summed E-state index contributed by atoms with van der Waals surface area (Å²) in [6.45, 7) is 2.84. The van der Waals surface area contributed by atoms with Gasteiger partial charge in [0.05, 0.1) is 24.7 Å². The Kier molecular flexibility index (Phi) is 5.30. The lowest BCUT2D eigenvalue weighted by molar-refractivity contribution is 0.104. The van der Waals surface area contributed by atoms with Crippen molar-refractivity contribution in [1.82, 2.24) is 0 Å². The molecule has 2 atom stereocenters. The number of ether oxygens (including phenoxy) is 2. The summed E-state index contributed by atoms with van der Waals surface area (Å²) in [4.78, 5) is 0.158. The van der Waals surface area contributed by atoms with Crippen molar-refractivity contribution >= 4 is 10.1 Å². The Morgan fingerprint density at radius 1 is 0.958 bits per heavy atom. The van der Waals surface area contributed by atoms with Crippen molar-refractivity contribution in [3.8, 4) is 0 Å². The van der Waals surface area contributed by atoms with Crippen LogP contribution in [0.2, 0.25) is 0 Å². The van der Waals surface area contributed by atoms with Crippen molar-refractivity contribution in [3.05, 3.63) is 65.7 Å². The van der Waals surface area contributed by atoms with Crippen LogP contribution in [0.1, 0.15) is 11.1 Å². The van der Waals surface area contributed by atoms with E-state index in [9.17, 15) is 8.42 Å². The van der Waals surface area contributed by atoms with Gasteiger partial charge in [-0.25, -0.2) is 0 Å². The summed E-state index contributed by atoms with van der Waals surface area (Å²) in [5.74, 6) is 0. The maximum Gasteiger partial charge on any atom is 0.297 e. The fourth-order valence-electron chi connectivity index (χ4n) is 2.27. The Bertz CT molecular complexity index is 756. The standard InChI is InChI=1S/C18H20O5S/c1-14-7-9-16(10-8-14)24(19,20)22-13-18-17(23-18)12-21-11-15-5-3-2-4-6-15/h2-10,17-18H,11-13H2,1H3/t17-,18-/m0/s1. The molecule has 128 valence electrons. The minimum absolute atomic E-state index is 0.00950. The molecule has 1 aliphatic rings. The van der Waals surface area contributed by atoms with Crippen LogP contribution < -0.4 is 0 Å². The lowest BCUT2D eigenvalue weighted by Crippen LogP contribution is -2.14. The van der Waals surface area contributed by atoms with Crippen LogP contribution in [0, 0.1) is 6.92 Å². The Labute approximate surface area is 142 Å². The van der Waals surface area contributed by atoms with Crippen molar-refractivity contribution in [1.29, 1.82) is 0 Å². The fraction of sp³-hybridized carbons (Fsp3) is 0.333. The molecule has 0 radical (unpaired) electrons. The Hall–Kier alpha value is -1.73. The van der Waals surface area contributed by atoms with Gasteiger partial charge in [0.2, 0.25) is 0 Å². The average Bonchev–Trinajstić information content (AvgIpc) is 3.33. The predicted molar refractivity (Wildman–Crippen MR) is 89.1 cm³/mol. The number of hydrogen-bond donors (Lipinski definition) is 0. The molecule has 0 aromatic heterocycles. The average molecular weight is 348 g/mol. The van der Waals surface area contributed by atoms with E-state index in [1.54, 1.807) is 24.3 Å². The van der Waals surface area contributed by atoms with Crippen LogP contribution in [-0.2, 0) is 30.4 Å². The third-order valence-electron chi connectivity index (χ3n) is 3.78. The number of epoxide rings is 1. The molecule has 0 aliphatic carbocycles. The van der Waals surface area contributed by atoms with E-state index in [1.165, 1.54) is 0 Å². The molecule has 2 aromatic carbocycles. The molecule has 0 N–H and O–H groups in total. The van der Waals surface area contributed by atoms with Gasteiger partial charge in [-0.2, -0.15) is 8.42 Å². The SMILES string of the molecule is Cc1ccc(S(=O)(=O)OC[C@@H]2O[C@H]2COCc2ccccc2)cc1. The molecule has 0 spiro atoms. The second kappa shape index (κ2) is 7.44. The van der Waals surface area contributed by atoms with Crippen molar-refractivity contribution in [2.45, 2.75) is 30.6 Å². The van der Waals surface area contributed by atoms with E-state index in [0.29, 0.717) is 13.2 Å². The van der Waals surface area contributed by atoms with Crippen molar-refractivity contribution < 1.29 is 22.1 Å². The van der Waals surface area contributed by atoms with Crippen molar-refractivity contribution in [2.24, 2.45) is 0 Å².